The molecule has 7 heteroatoms. The number of hydrogen-bond acceptors (Lipinski definition) is 6. The van der Waals surface area contributed by atoms with Gasteiger partial charge in [-0.25, -0.2) is 9.50 Å². The molecular formula is C16H13N5O2. The van der Waals surface area contributed by atoms with Crippen LogP contribution >= 0.6 is 0 Å². The van der Waals surface area contributed by atoms with Gasteiger partial charge in [-0.15, -0.1) is 0 Å². The molecule has 4 aromatic rings. The van der Waals surface area contributed by atoms with Crippen molar-refractivity contribution in [1.82, 2.24) is 24.7 Å². The summed E-state index contributed by atoms with van der Waals surface area (Å²) in [7, 11) is 0. The van der Waals surface area contributed by atoms with E-state index < -0.39 is 0 Å². The molecule has 23 heavy (non-hydrogen) atoms. The highest BCUT2D eigenvalue weighted by molar-refractivity contribution is 5.62. The number of rotatable bonds is 4. The van der Waals surface area contributed by atoms with Gasteiger partial charge in [-0.2, -0.15) is 10.1 Å². The first-order valence-electron chi connectivity index (χ1n) is 7.11. The molecule has 0 bridgehead atoms. The van der Waals surface area contributed by atoms with E-state index in [0.717, 1.165) is 16.9 Å². The third kappa shape index (κ3) is 2.52. The van der Waals surface area contributed by atoms with Crippen molar-refractivity contribution in [3.05, 3.63) is 60.3 Å². The third-order valence-electron chi connectivity index (χ3n) is 3.40. The van der Waals surface area contributed by atoms with Gasteiger partial charge >= 0.3 is 0 Å². The van der Waals surface area contributed by atoms with Crippen LogP contribution < -0.4 is 4.74 Å². The molecule has 0 spiro atoms. The summed E-state index contributed by atoms with van der Waals surface area (Å²) in [5.74, 6) is 1.70. The maximum Gasteiger partial charge on any atom is 0.261 e. The van der Waals surface area contributed by atoms with Gasteiger partial charge in [-0.3, -0.25) is 0 Å². The first kappa shape index (κ1) is 13.4. The Labute approximate surface area is 131 Å². The number of fused-ring (bicyclic) bond motifs is 1. The molecule has 0 fully saturated rings. The van der Waals surface area contributed by atoms with Crippen LogP contribution in [0.3, 0.4) is 0 Å². The molecule has 3 heterocycles. The van der Waals surface area contributed by atoms with E-state index in [-0.39, 0.29) is 0 Å². The normalized spacial score (nSPS) is 11.0. The fourth-order valence-corrected chi connectivity index (χ4v) is 2.34. The standard InChI is InChI=1S/C16H13N5O2/c1-11-19-16(23-20-11)13-6-2-3-7-14(13)22-9-12-5-4-8-15-17-10-18-21(12)15/h2-8,10H,9H2,1H3. The summed E-state index contributed by atoms with van der Waals surface area (Å²) in [6, 6.07) is 13.3. The summed E-state index contributed by atoms with van der Waals surface area (Å²) in [6.45, 7) is 2.13. The smallest absolute Gasteiger partial charge is 0.261 e. The second-order valence-corrected chi connectivity index (χ2v) is 4.98. The van der Waals surface area contributed by atoms with Crippen molar-refractivity contribution in [2.75, 3.05) is 0 Å². The summed E-state index contributed by atoms with van der Waals surface area (Å²) in [6.07, 6.45) is 1.52. The third-order valence-corrected chi connectivity index (χ3v) is 3.40. The van der Waals surface area contributed by atoms with Gasteiger partial charge in [0.15, 0.2) is 11.5 Å². The number of aromatic nitrogens is 5. The highest BCUT2D eigenvalue weighted by Crippen LogP contribution is 2.29. The van der Waals surface area contributed by atoms with Crippen molar-refractivity contribution in [2.24, 2.45) is 0 Å². The Kier molecular flexibility index (Phi) is 3.23. The van der Waals surface area contributed by atoms with E-state index in [1.165, 1.54) is 6.33 Å². The van der Waals surface area contributed by atoms with E-state index in [0.29, 0.717) is 24.1 Å². The maximum absolute atomic E-state index is 5.95. The van der Waals surface area contributed by atoms with E-state index in [1.807, 2.05) is 42.5 Å². The molecule has 0 amide bonds. The van der Waals surface area contributed by atoms with Crippen molar-refractivity contribution in [3.8, 4) is 17.2 Å². The van der Waals surface area contributed by atoms with Gasteiger partial charge in [0.2, 0.25) is 0 Å². The molecule has 0 aliphatic heterocycles. The topological polar surface area (TPSA) is 78.3 Å². The fraction of sp³-hybridized carbons (Fsp3) is 0.125. The van der Waals surface area contributed by atoms with Gasteiger partial charge in [0.05, 0.1) is 11.3 Å². The van der Waals surface area contributed by atoms with Crippen LogP contribution in [0, 0.1) is 6.92 Å². The molecule has 7 nitrogen and oxygen atoms in total. The van der Waals surface area contributed by atoms with Gasteiger partial charge in [0, 0.05) is 0 Å². The molecule has 3 aromatic heterocycles. The Morgan fingerprint density at radius 2 is 2.04 bits per heavy atom. The van der Waals surface area contributed by atoms with Gasteiger partial charge in [-0.05, 0) is 31.2 Å². The van der Waals surface area contributed by atoms with Gasteiger partial charge in [-0.1, -0.05) is 23.4 Å². The minimum Gasteiger partial charge on any atom is -0.486 e. The summed E-state index contributed by atoms with van der Waals surface area (Å²) >= 11 is 0. The van der Waals surface area contributed by atoms with Crippen LogP contribution in [0.25, 0.3) is 17.1 Å². The van der Waals surface area contributed by atoms with Crippen LogP contribution in [-0.4, -0.2) is 24.7 Å². The second kappa shape index (κ2) is 5.53. The van der Waals surface area contributed by atoms with Crippen LogP contribution in [0.4, 0.5) is 0 Å². The van der Waals surface area contributed by atoms with Gasteiger partial charge < -0.3 is 9.26 Å². The van der Waals surface area contributed by atoms with Crippen molar-refractivity contribution in [1.29, 1.82) is 0 Å². The van der Waals surface area contributed by atoms with Crippen LogP contribution in [0.5, 0.6) is 5.75 Å². The van der Waals surface area contributed by atoms with E-state index in [2.05, 4.69) is 20.2 Å². The number of aryl methyl sites for hydroxylation is 1. The summed E-state index contributed by atoms with van der Waals surface area (Å²) in [4.78, 5) is 8.42. The molecule has 0 saturated heterocycles. The zero-order chi connectivity index (χ0) is 15.6. The molecule has 0 radical (unpaired) electrons. The summed E-state index contributed by atoms with van der Waals surface area (Å²) in [5.41, 5.74) is 2.45. The number of pyridine rings is 1. The molecular weight excluding hydrogens is 294 g/mol. The molecule has 4 rings (SSSR count). The highest BCUT2D eigenvalue weighted by atomic mass is 16.5. The molecule has 0 aliphatic carbocycles. The monoisotopic (exact) mass is 307 g/mol. The van der Waals surface area contributed by atoms with E-state index >= 15 is 0 Å². The van der Waals surface area contributed by atoms with E-state index in [1.54, 1.807) is 11.4 Å². The lowest BCUT2D eigenvalue weighted by molar-refractivity contribution is 0.298. The Bertz CT molecular complexity index is 960. The van der Waals surface area contributed by atoms with E-state index in [9.17, 15) is 0 Å². The van der Waals surface area contributed by atoms with Crippen LogP contribution in [0.15, 0.2) is 53.3 Å². The van der Waals surface area contributed by atoms with Crippen molar-refractivity contribution in [3.63, 3.8) is 0 Å². The Balaban J connectivity index is 1.64. The minimum absolute atomic E-state index is 0.352. The fourth-order valence-electron chi connectivity index (χ4n) is 2.34. The maximum atomic E-state index is 5.95. The lowest BCUT2D eigenvalue weighted by atomic mass is 10.2. The molecule has 0 saturated carbocycles. The average molecular weight is 307 g/mol. The first-order valence-corrected chi connectivity index (χ1v) is 7.11. The molecule has 114 valence electrons. The SMILES string of the molecule is Cc1noc(-c2ccccc2OCc2cccc3ncnn23)n1. The molecule has 1 aromatic carbocycles. The van der Waals surface area contributed by atoms with Crippen molar-refractivity contribution >= 4 is 5.65 Å². The Hall–Kier alpha value is -3.22. The largest absolute Gasteiger partial charge is 0.486 e. The van der Waals surface area contributed by atoms with Crippen molar-refractivity contribution in [2.45, 2.75) is 13.5 Å². The van der Waals surface area contributed by atoms with Gasteiger partial charge in [0.25, 0.3) is 5.89 Å². The average Bonchev–Trinajstić information content (AvgIpc) is 3.22. The number of nitrogens with zero attached hydrogens (tertiary/aromatic N) is 5. The molecule has 0 atom stereocenters. The minimum atomic E-state index is 0.352. The summed E-state index contributed by atoms with van der Waals surface area (Å²) < 4.78 is 12.9. The number of ether oxygens (including phenoxy) is 1. The second-order valence-electron chi connectivity index (χ2n) is 4.98. The zero-order valence-electron chi connectivity index (χ0n) is 12.4. The predicted molar refractivity (Wildman–Crippen MR) is 81.8 cm³/mol. The lowest BCUT2D eigenvalue weighted by Gasteiger charge is -2.10. The van der Waals surface area contributed by atoms with Crippen LogP contribution in [-0.2, 0) is 6.61 Å². The van der Waals surface area contributed by atoms with E-state index in [4.69, 9.17) is 9.26 Å². The molecule has 0 aliphatic rings. The van der Waals surface area contributed by atoms with Crippen molar-refractivity contribution < 1.29 is 9.26 Å². The van der Waals surface area contributed by atoms with Crippen LogP contribution in [0.2, 0.25) is 0 Å². The first-order chi connectivity index (χ1) is 11.3. The number of para-hydroxylation sites is 1. The Morgan fingerprint density at radius 1 is 1.13 bits per heavy atom. The predicted octanol–water partition coefficient (Wildman–Crippen LogP) is 2.67. The van der Waals surface area contributed by atoms with Gasteiger partial charge in [0.1, 0.15) is 18.7 Å². The quantitative estimate of drug-likeness (QED) is 0.577. The Morgan fingerprint density at radius 3 is 2.91 bits per heavy atom. The van der Waals surface area contributed by atoms with Crippen LogP contribution in [0.1, 0.15) is 11.5 Å². The summed E-state index contributed by atoms with van der Waals surface area (Å²) in [5, 5.41) is 8.02. The molecule has 0 unspecified atom stereocenters. The lowest BCUT2D eigenvalue weighted by Crippen LogP contribution is -2.04. The molecule has 0 N–H and O–H groups in total. The zero-order valence-corrected chi connectivity index (χ0v) is 12.4. The number of hydrogen-bond donors (Lipinski definition) is 0. The highest BCUT2D eigenvalue weighted by Gasteiger charge is 2.13. The number of benzene rings is 1.